The highest BCUT2D eigenvalue weighted by Gasteiger charge is 2.01. The molecule has 0 unspecified atom stereocenters. The molecule has 4 heteroatoms. The summed E-state index contributed by atoms with van der Waals surface area (Å²) in [4.78, 5) is 5.30. The second-order valence-corrected chi connectivity index (χ2v) is 5.27. The van der Waals surface area contributed by atoms with Crippen LogP contribution in [0, 0.1) is 0 Å². The molecule has 0 aromatic heterocycles. The lowest BCUT2D eigenvalue weighted by molar-refractivity contribution is 0.130. The summed E-state index contributed by atoms with van der Waals surface area (Å²) in [6, 6.07) is 15.3. The number of oxime groups is 1. The number of halogens is 2. The minimum Gasteiger partial charge on any atom is -0.391 e. The van der Waals surface area contributed by atoms with E-state index in [9.17, 15) is 0 Å². The molecule has 0 radical (unpaired) electrons. The quantitative estimate of drug-likeness (QED) is 0.519. The van der Waals surface area contributed by atoms with Crippen LogP contribution >= 0.6 is 23.2 Å². The van der Waals surface area contributed by atoms with Crippen LogP contribution in [0.1, 0.15) is 18.1 Å². The molecule has 0 N–H and O–H groups in total. The summed E-state index contributed by atoms with van der Waals surface area (Å²) < 4.78 is 0. The first-order chi connectivity index (χ1) is 10.2. The lowest BCUT2D eigenvalue weighted by Gasteiger charge is -2.01. The van der Waals surface area contributed by atoms with Crippen LogP contribution in [0.3, 0.4) is 0 Å². The van der Waals surface area contributed by atoms with E-state index in [1.165, 1.54) is 0 Å². The van der Waals surface area contributed by atoms with Crippen LogP contribution in [0.15, 0.2) is 59.8 Å². The summed E-state index contributed by atoms with van der Waals surface area (Å²) in [7, 11) is 0. The van der Waals surface area contributed by atoms with Crippen LogP contribution in [0.5, 0.6) is 0 Å². The highest BCUT2D eigenvalue weighted by Crippen LogP contribution is 2.25. The molecule has 2 nitrogen and oxygen atoms in total. The zero-order chi connectivity index (χ0) is 15.1. The Labute approximate surface area is 134 Å². The molecule has 0 spiro atoms. The van der Waals surface area contributed by atoms with Crippen LogP contribution in [-0.4, -0.2) is 5.71 Å². The first-order valence-electron chi connectivity index (χ1n) is 6.49. The van der Waals surface area contributed by atoms with Crippen molar-refractivity contribution in [2.24, 2.45) is 5.16 Å². The van der Waals surface area contributed by atoms with Gasteiger partial charge >= 0.3 is 0 Å². The van der Waals surface area contributed by atoms with Gasteiger partial charge in [0.2, 0.25) is 0 Å². The molecule has 0 aliphatic heterocycles. The number of hydrogen-bond acceptors (Lipinski definition) is 2. The Hall–Kier alpha value is -1.77. The second kappa shape index (κ2) is 7.87. The van der Waals surface area contributed by atoms with Gasteiger partial charge in [-0.15, -0.1) is 0 Å². The molecule has 0 amide bonds. The Morgan fingerprint density at radius 1 is 1.05 bits per heavy atom. The van der Waals surface area contributed by atoms with E-state index in [-0.39, 0.29) is 0 Å². The average molecular weight is 320 g/mol. The minimum absolute atomic E-state index is 0.443. The molecule has 0 saturated carbocycles. The Morgan fingerprint density at radius 3 is 2.38 bits per heavy atom. The smallest absolute Gasteiger partial charge is 0.142 e. The van der Waals surface area contributed by atoms with Gasteiger partial charge in [-0.2, -0.15) is 0 Å². The fourth-order valence-corrected chi connectivity index (χ4v) is 2.21. The SMILES string of the molecule is CC(/C=C/c1c(Cl)cccc1Cl)=N\OCc1ccccc1. The van der Waals surface area contributed by atoms with Crippen LogP contribution < -0.4 is 0 Å². The van der Waals surface area contributed by atoms with Crippen molar-refractivity contribution in [3.05, 3.63) is 75.8 Å². The zero-order valence-corrected chi connectivity index (χ0v) is 13.1. The molecule has 0 bridgehead atoms. The summed E-state index contributed by atoms with van der Waals surface area (Å²) >= 11 is 12.2. The zero-order valence-electron chi connectivity index (χ0n) is 11.6. The summed E-state index contributed by atoms with van der Waals surface area (Å²) in [6.07, 6.45) is 3.65. The average Bonchev–Trinajstić information content (AvgIpc) is 2.48. The van der Waals surface area contributed by atoms with E-state index in [2.05, 4.69) is 5.16 Å². The fraction of sp³-hybridized carbons (Fsp3) is 0.118. The monoisotopic (exact) mass is 319 g/mol. The predicted molar refractivity (Wildman–Crippen MR) is 89.8 cm³/mol. The summed E-state index contributed by atoms with van der Waals surface area (Å²) in [5.41, 5.74) is 2.59. The van der Waals surface area contributed by atoms with Gasteiger partial charge in [-0.25, -0.2) is 0 Å². The van der Waals surface area contributed by atoms with Crippen molar-refractivity contribution in [3.63, 3.8) is 0 Å². The van der Waals surface area contributed by atoms with E-state index in [4.69, 9.17) is 28.0 Å². The molecule has 2 aromatic carbocycles. The lowest BCUT2D eigenvalue weighted by atomic mass is 10.2. The Morgan fingerprint density at radius 2 is 1.71 bits per heavy atom. The number of nitrogens with zero attached hydrogens (tertiary/aromatic N) is 1. The predicted octanol–water partition coefficient (Wildman–Crippen LogP) is 5.60. The van der Waals surface area contributed by atoms with E-state index in [0.29, 0.717) is 16.7 Å². The van der Waals surface area contributed by atoms with Crippen molar-refractivity contribution >= 4 is 35.0 Å². The minimum atomic E-state index is 0.443. The maximum Gasteiger partial charge on any atom is 0.142 e. The third kappa shape index (κ3) is 4.92. The Balaban J connectivity index is 1.96. The molecule has 0 atom stereocenters. The van der Waals surface area contributed by atoms with Gasteiger partial charge in [-0.05, 0) is 30.7 Å². The first-order valence-corrected chi connectivity index (χ1v) is 7.25. The molecular weight excluding hydrogens is 305 g/mol. The van der Waals surface area contributed by atoms with Gasteiger partial charge in [0.25, 0.3) is 0 Å². The van der Waals surface area contributed by atoms with E-state index in [0.717, 1.165) is 16.8 Å². The fourth-order valence-electron chi connectivity index (χ4n) is 1.69. The summed E-state index contributed by atoms with van der Waals surface area (Å²) in [6.45, 7) is 2.30. The lowest BCUT2D eigenvalue weighted by Crippen LogP contribution is -1.91. The van der Waals surface area contributed by atoms with Gasteiger partial charge < -0.3 is 4.84 Å². The third-order valence-electron chi connectivity index (χ3n) is 2.77. The standard InChI is InChI=1S/C17H15Cl2NO/c1-13(20-21-12-14-6-3-2-4-7-14)10-11-15-16(18)8-5-9-17(15)19/h2-11H,12H2,1H3/b11-10+,20-13+. The van der Waals surface area contributed by atoms with E-state index in [1.807, 2.05) is 55.5 Å². The molecule has 0 saturated heterocycles. The maximum absolute atomic E-state index is 6.09. The van der Waals surface area contributed by atoms with Gasteiger partial charge in [0.1, 0.15) is 6.61 Å². The van der Waals surface area contributed by atoms with Gasteiger partial charge in [0.15, 0.2) is 0 Å². The highest BCUT2D eigenvalue weighted by molar-refractivity contribution is 6.37. The number of allylic oxidation sites excluding steroid dienone is 1. The van der Waals surface area contributed by atoms with Gasteiger partial charge in [-0.3, -0.25) is 0 Å². The van der Waals surface area contributed by atoms with Crippen molar-refractivity contribution in [1.82, 2.24) is 0 Å². The third-order valence-corrected chi connectivity index (χ3v) is 3.43. The topological polar surface area (TPSA) is 21.6 Å². The number of benzene rings is 2. The molecule has 2 aromatic rings. The molecule has 0 heterocycles. The maximum atomic E-state index is 6.09. The van der Waals surface area contributed by atoms with E-state index in [1.54, 1.807) is 12.1 Å². The van der Waals surface area contributed by atoms with E-state index < -0.39 is 0 Å². The largest absolute Gasteiger partial charge is 0.391 e. The van der Waals surface area contributed by atoms with Crippen molar-refractivity contribution in [1.29, 1.82) is 0 Å². The van der Waals surface area contributed by atoms with Crippen molar-refractivity contribution in [2.75, 3.05) is 0 Å². The van der Waals surface area contributed by atoms with Crippen LogP contribution in [0.25, 0.3) is 6.08 Å². The first kappa shape index (κ1) is 15.6. The molecule has 0 aliphatic rings. The molecule has 2 rings (SSSR count). The van der Waals surface area contributed by atoms with Gasteiger partial charge in [-0.1, -0.05) is 70.8 Å². The molecule has 0 fully saturated rings. The van der Waals surface area contributed by atoms with Crippen LogP contribution in [-0.2, 0) is 11.4 Å². The van der Waals surface area contributed by atoms with Crippen molar-refractivity contribution in [2.45, 2.75) is 13.5 Å². The van der Waals surface area contributed by atoms with Gasteiger partial charge in [0, 0.05) is 15.6 Å². The highest BCUT2D eigenvalue weighted by atomic mass is 35.5. The normalized spacial score (nSPS) is 11.9. The van der Waals surface area contributed by atoms with Crippen LogP contribution in [0.2, 0.25) is 10.0 Å². The van der Waals surface area contributed by atoms with Gasteiger partial charge in [0.05, 0.1) is 5.71 Å². The number of rotatable bonds is 5. The molecule has 21 heavy (non-hydrogen) atoms. The summed E-state index contributed by atoms with van der Waals surface area (Å²) in [5, 5.41) is 5.25. The van der Waals surface area contributed by atoms with Crippen LogP contribution in [0.4, 0.5) is 0 Å². The Bertz CT molecular complexity index is 631. The second-order valence-electron chi connectivity index (χ2n) is 4.46. The molecule has 108 valence electrons. The van der Waals surface area contributed by atoms with E-state index >= 15 is 0 Å². The van der Waals surface area contributed by atoms with Crippen molar-refractivity contribution in [3.8, 4) is 0 Å². The van der Waals surface area contributed by atoms with Crippen molar-refractivity contribution < 1.29 is 4.84 Å². The summed E-state index contributed by atoms with van der Waals surface area (Å²) in [5.74, 6) is 0. The molecular formula is C17H15Cl2NO. The molecule has 0 aliphatic carbocycles. The Kier molecular flexibility index (Phi) is 5.85. The number of hydrogen-bond donors (Lipinski definition) is 0.